The minimum absolute atomic E-state index is 0.0837. The normalized spacial score (nSPS) is 24.4. The number of likely N-dealkylation sites (tertiary alicyclic amines) is 1. The highest BCUT2D eigenvalue weighted by Crippen LogP contribution is 2.41. The lowest BCUT2D eigenvalue weighted by Crippen LogP contribution is -2.37. The van der Waals surface area contributed by atoms with Gasteiger partial charge in [-0.15, -0.1) is 0 Å². The third kappa shape index (κ3) is 2.86. The maximum Gasteiger partial charge on any atom is 0.225 e. The molecule has 1 saturated carbocycles. The Kier molecular flexibility index (Phi) is 3.61. The number of carbonyl (C=O) groups excluding carboxylic acids is 1. The standard InChI is InChI=1S/C17H21N5O/c1-21-11-12(9-20-21)8-19-15-7-16(23)22(14-4-5-14)17(15)13-3-2-6-18-10-13/h2-3,6,9-11,14-15,17,19H,4-5,7-8H2,1H3/t15-,17+/m1/s1. The Hall–Kier alpha value is -2.21. The smallest absolute Gasteiger partial charge is 0.225 e. The number of carbonyl (C=O) groups is 1. The van der Waals surface area contributed by atoms with Crippen LogP contribution < -0.4 is 5.32 Å². The molecule has 0 aromatic carbocycles. The summed E-state index contributed by atoms with van der Waals surface area (Å²) in [4.78, 5) is 18.8. The second kappa shape index (κ2) is 5.77. The van der Waals surface area contributed by atoms with Crippen molar-refractivity contribution in [3.05, 3.63) is 48.0 Å². The van der Waals surface area contributed by atoms with Gasteiger partial charge in [0.2, 0.25) is 5.91 Å². The van der Waals surface area contributed by atoms with E-state index in [9.17, 15) is 4.79 Å². The molecule has 0 spiro atoms. The molecule has 1 aliphatic carbocycles. The fraction of sp³-hybridized carbons (Fsp3) is 0.471. The lowest BCUT2D eigenvalue weighted by Gasteiger charge is -2.29. The van der Waals surface area contributed by atoms with E-state index in [1.807, 2.05) is 31.7 Å². The Morgan fingerprint density at radius 2 is 2.22 bits per heavy atom. The first-order valence-corrected chi connectivity index (χ1v) is 8.14. The van der Waals surface area contributed by atoms with Crippen LogP contribution in [0.5, 0.6) is 0 Å². The van der Waals surface area contributed by atoms with E-state index in [4.69, 9.17) is 0 Å². The largest absolute Gasteiger partial charge is 0.331 e. The molecule has 4 rings (SSSR count). The second-order valence-electron chi connectivity index (χ2n) is 6.48. The maximum atomic E-state index is 12.5. The zero-order valence-corrected chi connectivity index (χ0v) is 13.2. The van der Waals surface area contributed by atoms with Crippen LogP contribution in [0.4, 0.5) is 0 Å². The van der Waals surface area contributed by atoms with Gasteiger partial charge in [-0.3, -0.25) is 14.5 Å². The predicted octanol–water partition coefficient (Wildman–Crippen LogP) is 1.41. The van der Waals surface area contributed by atoms with E-state index in [-0.39, 0.29) is 18.0 Å². The molecule has 3 heterocycles. The van der Waals surface area contributed by atoms with Gasteiger partial charge < -0.3 is 10.2 Å². The molecule has 6 nitrogen and oxygen atoms in total. The molecule has 1 aliphatic heterocycles. The molecule has 1 amide bonds. The molecule has 2 aromatic heterocycles. The van der Waals surface area contributed by atoms with Crippen LogP contribution in [-0.4, -0.2) is 37.7 Å². The molecule has 23 heavy (non-hydrogen) atoms. The average molecular weight is 311 g/mol. The molecule has 2 aromatic rings. The number of hydrogen-bond donors (Lipinski definition) is 1. The maximum absolute atomic E-state index is 12.5. The van der Waals surface area contributed by atoms with Gasteiger partial charge in [0.25, 0.3) is 0 Å². The SMILES string of the molecule is Cn1cc(CN[C@@H]2CC(=O)N(C3CC3)[C@H]2c2cccnc2)cn1. The van der Waals surface area contributed by atoms with E-state index in [1.54, 1.807) is 10.9 Å². The average Bonchev–Trinajstić information content (AvgIpc) is 3.22. The molecule has 120 valence electrons. The van der Waals surface area contributed by atoms with Crippen LogP contribution in [0.15, 0.2) is 36.9 Å². The number of nitrogens with zero attached hydrogens (tertiary/aromatic N) is 4. The summed E-state index contributed by atoms with van der Waals surface area (Å²) < 4.78 is 1.80. The van der Waals surface area contributed by atoms with Crippen molar-refractivity contribution in [2.24, 2.45) is 7.05 Å². The van der Waals surface area contributed by atoms with E-state index < -0.39 is 0 Å². The summed E-state index contributed by atoms with van der Waals surface area (Å²) in [5.74, 6) is 0.255. The van der Waals surface area contributed by atoms with Gasteiger partial charge >= 0.3 is 0 Å². The van der Waals surface area contributed by atoms with Gasteiger partial charge in [-0.05, 0) is 24.5 Å². The highest BCUT2D eigenvalue weighted by Gasteiger charge is 2.47. The topological polar surface area (TPSA) is 63.1 Å². The van der Waals surface area contributed by atoms with Crippen LogP contribution in [-0.2, 0) is 18.4 Å². The summed E-state index contributed by atoms with van der Waals surface area (Å²) >= 11 is 0. The van der Waals surface area contributed by atoms with Crippen LogP contribution in [0.2, 0.25) is 0 Å². The van der Waals surface area contributed by atoms with Crippen LogP contribution >= 0.6 is 0 Å². The van der Waals surface area contributed by atoms with Crippen LogP contribution in [0.25, 0.3) is 0 Å². The van der Waals surface area contributed by atoms with E-state index in [2.05, 4.69) is 26.4 Å². The molecular weight excluding hydrogens is 290 g/mol. The van der Waals surface area contributed by atoms with Gasteiger partial charge in [-0.1, -0.05) is 6.07 Å². The molecule has 6 heteroatoms. The Bertz CT molecular complexity index is 694. The van der Waals surface area contributed by atoms with Gasteiger partial charge in [0.1, 0.15) is 0 Å². The lowest BCUT2D eigenvalue weighted by atomic mass is 10.0. The number of aromatic nitrogens is 3. The van der Waals surface area contributed by atoms with Gasteiger partial charge in [-0.2, -0.15) is 5.10 Å². The zero-order valence-electron chi connectivity index (χ0n) is 13.2. The summed E-state index contributed by atoms with van der Waals surface area (Å²) in [7, 11) is 1.91. The van der Waals surface area contributed by atoms with Crippen molar-refractivity contribution in [3.8, 4) is 0 Å². The monoisotopic (exact) mass is 311 g/mol. The molecule has 1 N–H and O–H groups in total. The molecule has 1 saturated heterocycles. The molecule has 0 bridgehead atoms. The number of rotatable bonds is 5. The quantitative estimate of drug-likeness (QED) is 0.907. The summed E-state index contributed by atoms with van der Waals surface area (Å²) in [5, 5.41) is 7.76. The first kappa shape index (κ1) is 14.4. The Morgan fingerprint density at radius 1 is 1.35 bits per heavy atom. The summed E-state index contributed by atoms with van der Waals surface area (Å²) in [6.45, 7) is 0.723. The van der Waals surface area contributed by atoms with Crippen molar-refractivity contribution < 1.29 is 4.79 Å². The van der Waals surface area contributed by atoms with Gasteiger partial charge in [0, 0.05) is 56.3 Å². The van der Waals surface area contributed by atoms with E-state index in [0.717, 1.165) is 30.5 Å². The zero-order chi connectivity index (χ0) is 15.8. The first-order chi connectivity index (χ1) is 11.2. The van der Waals surface area contributed by atoms with Crippen molar-refractivity contribution in [3.63, 3.8) is 0 Å². The fourth-order valence-corrected chi connectivity index (χ4v) is 3.48. The van der Waals surface area contributed by atoms with Crippen molar-refractivity contribution in [2.45, 2.75) is 43.9 Å². The second-order valence-corrected chi connectivity index (χ2v) is 6.48. The number of pyridine rings is 1. The van der Waals surface area contributed by atoms with Crippen molar-refractivity contribution >= 4 is 5.91 Å². The van der Waals surface area contributed by atoms with Gasteiger partial charge in [0.05, 0.1) is 12.2 Å². The molecule has 0 unspecified atom stereocenters. The van der Waals surface area contributed by atoms with E-state index in [0.29, 0.717) is 12.5 Å². The van der Waals surface area contributed by atoms with Crippen molar-refractivity contribution in [1.29, 1.82) is 0 Å². The number of aryl methyl sites for hydroxylation is 1. The van der Waals surface area contributed by atoms with Crippen LogP contribution in [0.3, 0.4) is 0 Å². The number of nitrogens with one attached hydrogen (secondary N) is 1. The predicted molar refractivity (Wildman–Crippen MR) is 85.3 cm³/mol. The third-order valence-electron chi connectivity index (χ3n) is 4.66. The lowest BCUT2D eigenvalue weighted by molar-refractivity contribution is -0.129. The molecule has 2 fully saturated rings. The van der Waals surface area contributed by atoms with Gasteiger partial charge in [-0.25, -0.2) is 0 Å². The molecule has 2 atom stereocenters. The van der Waals surface area contributed by atoms with E-state index >= 15 is 0 Å². The van der Waals surface area contributed by atoms with Crippen LogP contribution in [0, 0.1) is 0 Å². The Labute approximate surface area is 135 Å². The Morgan fingerprint density at radius 3 is 2.87 bits per heavy atom. The summed E-state index contributed by atoms with van der Waals surface area (Å²) in [5.41, 5.74) is 2.25. The third-order valence-corrected chi connectivity index (χ3v) is 4.66. The molecule has 0 radical (unpaired) electrons. The minimum atomic E-state index is 0.0837. The van der Waals surface area contributed by atoms with E-state index in [1.165, 1.54) is 0 Å². The minimum Gasteiger partial charge on any atom is -0.331 e. The number of hydrogen-bond acceptors (Lipinski definition) is 4. The van der Waals surface area contributed by atoms with Crippen molar-refractivity contribution in [1.82, 2.24) is 25.0 Å². The van der Waals surface area contributed by atoms with Gasteiger partial charge in [0.15, 0.2) is 0 Å². The first-order valence-electron chi connectivity index (χ1n) is 8.14. The molecular formula is C17H21N5O. The summed E-state index contributed by atoms with van der Waals surface area (Å²) in [6, 6.07) is 4.64. The van der Waals surface area contributed by atoms with Crippen LogP contribution in [0.1, 0.15) is 36.4 Å². The summed E-state index contributed by atoms with van der Waals surface area (Å²) in [6.07, 6.45) is 10.3. The molecule has 2 aliphatic rings. The fourth-order valence-electron chi connectivity index (χ4n) is 3.48. The highest BCUT2D eigenvalue weighted by molar-refractivity contribution is 5.81. The number of amides is 1. The Balaban J connectivity index is 1.55. The van der Waals surface area contributed by atoms with Crippen molar-refractivity contribution in [2.75, 3.05) is 0 Å². The highest BCUT2D eigenvalue weighted by atomic mass is 16.2.